The van der Waals surface area contributed by atoms with Crippen LogP contribution in [0.5, 0.6) is 11.5 Å². The van der Waals surface area contributed by atoms with Gasteiger partial charge in [0.25, 0.3) is 0 Å². The summed E-state index contributed by atoms with van der Waals surface area (Å²) in [5.74, 6) is -0.289. The van der Waals surface area contributed by atoms with Gasteiger partial charge in [-0.2, -0.15) is 0 Å². The third kappa shape index (κ3) is 3.09. The van der Waals surface area contributed by atoms with E-state index in [4.69, 9.17) is 0 Å². The number of aromatic nitrogens is 2. The van der Waals surface area contributed by atoms with Crippen molar-refractivity contribution in [2.45, 2.75) is 0 Å². The second-order valence-corrected chi connectivity index (χ2v) is 4.98. The molecule has 0 spiro atoms. The summed E-state index contributed by atoms with van der Waals surface area (Å²) in [6, 6.07) is 9.77. The van der Waals surface area contributed by atoms with Gasteiger partial charge in [-0.15, -0.1) is 0 Å². The van der Waals surface area contributed by atoms with Crippen molar-refractivity contribution in [3.8, 4) is 11.5 Å². The van der Waals surface area contributed by atoms with Crippen LogP contribution in [-0.4, -0.2) is 26.1 Å². The van der Waals surface area contributed by atoms with Gasteiger partial charge >= 0.3 is 0 Å². The van der Waals surface area contributed by atoms with Gasteiger partial charge in [-0.25, -0.2) is 9.97 Å². The molecule has 1 amide bonds. The first-order chi connectivity index (χ1) is 11.6. The number of hydrogen-bond donors (Lipinski definition) is 4. The number of fused-ring (bicyclic) bond motifs is 1. The van der Waals surface area contributed by atoms with Crippen LogP contribution in [0.1, 0.15) is 0 Å². The van der Waals surface area contributed by atoms with Gasteiger partial charge in [-0.05, 0) is 36.4 Å². The minimum Gasteiger partial charge on any atom is -0.504 e. The fourth-order valence-corrected chi connectivity index (χ4v) is 2.15. The monoisotopic (exact) mass is 322 g/mol. The van der Waals surface area contributed by atoms with Crippen LogP contribution in [0.2, 0.25) is 0 Å². The molecule has 0 unspecified atom stereocenters. The molecule has 0 aliphatic rings. The number of nitrogens with one attached hydrogen (secondary N) is 2. The highest BCUT2D eigenvalue weighted by molar-refractivity contribution is 5.99. The highest BCUT2D eigenvalue weighted by atomic mass is 16.3. The largest absolute Gasteiger partial charge is 0.504 e. The predicted molar refractivity (Wildman–Crippen MR) is 91.4 cm³/mol. The molecular weight excluding hydrogens is 308 g/mol. The molecule has 0 radical (unpaired) electrons. The van der Waals surface area contributed by atoms with E-state index in [1.165, 1.54) is 24.5 Å². The van der Waals surface area contributed by atoms with Crippen molar-refractivity contribution in [3.63, 3.8) is 0 Å². The highest BCUT2D eigenvalue weighted by Gasteiger charge is 2.09. The van der Waals surface area contributed by atoms with Crippen molar-refractivity contribution in [2.24, 2.45) is 0 Å². The van der Waals surface area contributed by atoms with Crippen molar-refractivity contribution >= 4 is 34.0 Å². The van der Waals surface area contributed by atoms with Crippen LogP contribution in [0.25, 0.3) is 10.9 Å². The normalized spacial score (nSPS) is 10.3. The Hall–Kier alpha value is -3.61. The van der Waals surface area contributed by atoms with Crippen LogP contribution in [0, 0.1) is 0 Å². The van der Waals surface area contributed by atoms with Crippen LogP contribution in [0.3, 0.4) is 0 Å². The first kappa shape index (κ1) is 15.3. The number of carbonyl (C=O) groups is 1. The summed E-state index contributed by atoms with van der Waals surface area (Å²) in [6.45, 7) is 3.40. The summed E-state index contributed by atoms with van der Waals surface area (Å²) in [5.41, 5.74) is 1.87. The minimum atomic E-state index is -0.284. The maximum Gasteiger partial charge on any atom is 0.247 e. The first-order valence-corrected chi connectivity index (χ1v) is 7.04. The lowest BCUT2D eigenvalue weighted by Gasteiger charge is -2.10. The molecule has 4 N–H and O–H groups in total. The molecule has 24 heavy (non-hydrogen) atoms. The number of phenolic OH excluding ortho intramolecular Hbond substituents is 2. The zero-order chi connectivity index (χ0) is 17.1. The van der Waals surface area contributed by atoms with Gasteiger partial charge in [0.1, 0.15) is 12.1 Å². The maximum atomic E-state index is 11.3. The molecule has 0 aliphatic carbocycles. The summed E-state index contributed by atoms with van der Waals surface area (Å²) in [7, 11) is 0. The van der Waals surface area contributed by atoms with Gasteiger partial charge < -0.3 is 20.8 Å². The van der Waals surface area contributed by atoms with Gasteiger partial charge in [0.15, 0.2) is 11.5 Å². The molecule has 0 saturated carbocycles. The lowest BCUT2D eigenvalue weighted by Crippen LogP contribution is -2.07. The van der Waals surface area contributed by atoms with E-state index in [0.717, 1.165) is 5.69 Å². The number of hydrogen-bond acceptors (Lipinski definition) is 6. The second kappa shape index (κ2) is 6.25. The minimum absolute atomic E-state index is 0.241. The SMILES string of the molecule is C=CC(=O)Nc1ccc(Nc2ncnc3cc(O)c(O)cc23)cc1. The number of anilines is 3. The Bertz CT molecular complexity index is 923. The lowest BCUT2D eigenvalue weighted by atomic mass is 10.2. The number of nitrogens with zero attached hydrogens (tertiary/aromatic N) is 2. The quantitative estimate of drug-likeness (QED) is 0.434. The number of amides is 1. The van der Waals surface area contributed by atoms with E-state index in [2.05, 4.69) is 27.2 Å². The molecule has 2 aromatic carbocycles. The molecule has 0 atom stereocenters. The van der Waals surface area contributed by atoms with Crippen LogP contribution in [0.4, 0.5) is 17.2 Å². The van der Waals surface area contributed by atoms with Crippen molar-refractivity contribution in [3.05, 3.63) is 55.4 Å². The molecular formula is C17H14N4O3. The number of benzene rings is 2. The van der Waals surface area contributed by atoms with E-state index in [-0.39, 0.29) is 17.4 Å². The van der Waals surface area contributed by atoms with Gasteiger partial charge in [-0.1, -0.05) is 6.58 Å². The third-order valence-corrected chi connectivity index (χ3v) is 3.33. The van der Waals surface area contributed by atoms with Gasteiger partial charge in [0.05, 0.1) is 5.52 Å². The fraction of sp³-hybridized carbons (Fsp3) is 0. The summed E-state index contributed by atoms with van der Waals surface area (Å²) in [5, 5.41) is 25.6. The molecule has 3 rings (SSSR count). The molecule has 0 saturated heterocycles. The lowest BCUT2D eigenvalue weighted by molar-refractivity contribution is -0.111. The van der Waals surface area contributed by atoms with Gasteiger partial charge in [-0.3, -0.25) is 4.79 Å². The molecule has 0 aliphatic heterocycles. The highest BCUT2D eigenvalue weighted by Crippen LogP contribution is 2.32. The summed E-state index contributed by atoms with van der Waals surface area (Å²) >= 11 is 0. The van der Waals surface area contributed by atoms with Crippen molar-refractivity contribution in [1.82, 2.24) is 9.97 Å². The molecule has 120 valence electrons. The summed E-state index contributed by atoms with van der Waals surface area (Å²) in [4.78, 5) is 19.5. The van der Waals surface area contributed by atoms with E-state index in [9.17, 15) is 15.0 Å². The molecule has 1 heterocycles. The first-order valence-electron chi connectivity index (χ1n) is 7.04. The zero-order valence-corrected chi connectivity index (χ0v) is 12.5. The maximum absolute atomic E-state index is 11.3. The summed E-state index contributed by atoms with van der Waals surface area (Å²) in [6.07, 6.45) is 2.56. The Balaban J connectivity index is 1.88. The Morgan fingerprint density at radius 3 is 2.42 bits per heavy atom. The molecule has 0 fully saturated rings. The summed E-state index contributed by atoms with van der Waals surface area (Å²) < 4.78 is 0. The standard InChI is InChI=1S/C17H14N4O3/c1-2-16(24)20-10-3-5-11(6-4-10)21-17-12-7-14(22)15(23)8-13(12)18-9-19-17/h2-9,22-23H,1H2,(H,20,24)(H,18,19,21). The molecule has 7 nitrogen and oxygen atoms in total. The van der Waals surface area contributed by atoms with Crippen molar-refractivity contribution in [2.75, 3.05) is 10.6 Å². The average molecular weight is 322 g/mol. The fourth-order valence-electron chi connectivity index (χ4n) is 2.15. The topological polar surface area (TPSA) is 107 Å². The van der Waals surface area contributed by atoms with Crippen molar-refractivity contribution in [1.29, 1.82) is 0 Å². The number of aromatic hydroxyl groups is 2. The molecule has 3 aromatic rings. The molecule has 1 aromatic heterocycles. The number of carbonyl (C=O) groups excluding carboxylic acids is 1. The van der Waals surface area contributed by atoms with Crippen LogP contribution in [-0.2, 0) is 4.79 Å². The van der Waals surface area contributed by atoms with E-state index in [0.29, 0.717) is 22.4 Å². The number of rotatable bonds is 4. The third-order valence-electron chi connectivity index (χ3n) is 3.33. The van der Waals surface area contributed by atoms with Crippen LogP contribution >= 0.6 is 0 Å². The number of phenols is 2. The average Bonchev–Trinajstić information content (AvgIpc) is 2.58. The smallest absolute Gasteiger partial charge is 0.247 e. The zero-order valence-electron chi connectivity index (χ0n) is 12.5. The molecule has 7 heteroatoms. The predicted octanol–water partition coefficient (Wildman–Crippen LogP) is 2.91. The Kier molecular flexibility index (Phi) is 3.98. The van der Waals surface area contributed by atoms with E-state index >= 15 is 0 Å². The van der Waals surface area contributed by atoms with Gasteiger partial charge in [0.2, 0.25) is 5.91 Å². The van der Waals surface area contributed by atoms with Crippen LogP contribution < -0.4 is 10.6 Å². The van der Waals surface area contributed by atoms with Crippen molar-refractivity contribution < 1.29 is 15.0 Å². The van der Waals surface area contributed by atoms with E-state index in [1.807, 2.05) is 0 Å². The molecule has 0 bridgehead atoms. The Labute approximate surface area is 137 Å². The van der Waals surface area contributed by atoms with Gasteiger partial charge in [0, 0.05) is 22.8 Å². The van der Waals surface area contributed by atoms with E-state index in [1.54, 1.807) is 24.3 Å². The Morgan fingerprint density at radius 2 is 1.71 bits per heavy atom. The van der Waals surface area contributed by atoms with E-state index < -0.39 is 0 Å². The van der Waals surface area contributed by atoms with Crippen LogP contribution in [0.15, 0.2) is 55.4 Å². The second-order valence-electron chi connectivity index (χ2n) is 4.98. The Morgan fingerprint density at radius 1 is 1.04 bits per heavy atom.